The molecule has 2 N–H and O–H groups in total. The Morgan fingerprint density at radius 2 is 2.00 bits per heavy atom. The van der Waals surface area contributed by atoms with Crippen LogP contribution in [-0.4, -0.2) is 12.3 Å². The summed E-state index contributed by atoms with van der Waals surface area (Å²) in [5.74, 6) is 0.458. The van der Waals surface area contributed by atoms with Crippen LogP contribution in [-0.2, 0) is 0 Å². The molecular formula is C11H12F3NO. The Labute approximate surface area is 91.2 Å². The van der Waals surface area contributed by atoms with E-state index in [-0.39, 0.29) is 11.7 Å². The molecule has 1 fully saturated rings. The summed E-state index contributed by atoms with van der Waals surface area (Å²) in [6, 6.07) is 3.94. The monoisotopic (exact) mass is 231 g/mol. The van der Waals surface area contributed by atoms with Crippen LogP contribution in [0.1, 0.15) is 24.4 Å². The van der Waals surface area contributed by atoms with Crippen LogP contribution >= 0.6 is 0 Å². The summed E-state index contributed by atoms with van der Waals surface area (Å²) < 4.78 is 42.5. The normalized spacial score (nSPS) is 18.2. The van der Waals surface area contributed by atoms with Gasteiger partial charge in [0.1, 0.15) is 11.8 Å². The molecule has 2 nitrogen and oxygen atoms in total. The van der Waals surface area contributed by atoms with E-state index in [0.717, 1.165) is 12.8 Å². The van der Waals surface area contributed by atoms with Gasteiger partial charge < -0.3 is 10.5 Å². The van der Waals surface area contributed by atoms with Crippen LogP contribution in [0.2, 0.25) is 0 Å². The van der Waals surface area contributed by atoms with Gasteiger partial charge in [-0.3, -0.25) is 0 Å². The van der Waals surface area contributed by atoms with Gasteiger partial charge in [-0.2, -0.15) is 13.2 Å². The zero-order valence-corrected chi connectivity index (χ0v) is 8.50. The lowest BCUT2D eigenvalue weighted by Gasteiger charge is -2.16. The SMILES string of the molecule is NC(c1cccc(OC2CC2)c1)C(F)(F)F. The summed E-state index contributed by atoms with van der Waals surface area (Å²) in [5.41, 5.74) is 5.14. The molecule has 1 aliphatic carbocycles. The maximum absolute atomic E-state index is 12.4. The number of nitrogens with two attached hydrogens (primary N) is 1. The first kappa shape index (κ1) is 11.3. The standard InChI is InChI=1S/C11H12F3NO/c12-11(13,14)10(15)7-2-1-3-9(6-7)16-8-4-5-8/h1-3,6,8,10H,4-5,15H2. The van der Waals surface area contributed by atoms with Crippen LogP contribution in [0.4, 0.5) is 13.2 Å². The molecule has 1 aromatic carbocycles. The summed E-state index contributed by atoms with van der Waals surface area (Å²) in [6.07, 6.45) is -2.32. The molecule has 1 unspecified atom stereocenters. The minimum Gasteiger partial charge on any atom is -0.490 e. The Morgan fingerprint density at radius 1 is 1.31 bits per heavy atom. The van der Waals surface area contributed by atoms with Crippen molar-refractivity contribution in [2.45, 2.75) is 31.2 Å². The van der Waals surface area contributed by atoms with Crippen LogP contribution in [0.3, 0.4) is 0 Å². The fraction of sp³-hybridized carbons (Fsp3) is 0.455. The maximum atomic E-state index is 12.4. The van der Waals surface area contributed by atoms with Crippen molar-refractivity contribution in [3.05, 3.63) is 29.8 Å². The van der Waals surface area contributed by atoms with Crippen molar-refractivity contribution in [1.82, 2.24) is 0 Å². The Morgan fingerprint density at radius 3 is 2.56 bits per heavy atom. The minimum absolute atomic E-state index is 0.0330. The number of rotatable bonds is 3. The lowest BCUT2D eigenvalue weighted by atomic mass is 10.1. The molecule has 0 bridgehead atoms. The molecule has 88 valence electrons. The highest BCUT2D eigenvalue weighted by atomic mass is 19.4. The third kappa shape index (κ3) is 2.66. The van der Waals surface area contributed by atoms with Crippen LogP contribution in [0.5, 0.6) is 5.75 Å². The van der Waals surface area contributed by atoms with Gasteiger partial charge in [0, 0.05) is 0 Å². The van der Waals surface area contributed by atoms with Crippen LogP contribution in [0, 0.1) is 0 Å². The van der Waals surface area contributed by atoms with Gasteiger partial charge in [0.2, 0.25) is 0 Å². The van der Waals surface area contributed by atoms with E-state index in [0.29, 0.717) is 5.75 Å². The van der Waals surface area contributed by atoms with Crippen molar-refractivity contribution in [1.29, 1.82) is 0 Å². The Kier molecular flexibility index (Phi) is 2.80. The fourth-order valence-corrected chi connectivity index (χ4v) is 1.35. The summed E-state index contributed by atoms with van der Waals surface area (Å²) in [7, 11) is 0. The molecule has 0 aromatic heterocycles. The van der Waals surface area contributed by atoms with Crippen molar-refractivity contribution in [2.24, 2.45) is 5.73 Å². The number of hydrogen-bond donors (Lipinski definition) is 1. The molecule has 5 heteroatoms. The third-order valence-electron chi connectivity index (χ3n) is 2.40. The Bertz CT molecular complexity index is 374. The molecule has 0 heterocycles. The van der Waals surface area contributed by atoms with Crippen molar-refractivity contribution >= 4 is 0 Å². The Balaban J connectivity index is 2.14. The summed E-state index contributed by atoms with van der Waals surface area (Å²) in [6.45, 7) is 0. The van der Waals surface area contributed by atoms with E-state index in [9.17, 15) is 13.2 Å². The van der Waals surface area contributed by atoms with Gasteiger partial charge >= 0.3 is 6.18 Å². The van der Waals surface area contributed by atoms with Gasteiger partial charge in [-0.1, -0.05) is 12.1 Å². The first-order valence-corrected chi connectivity index (χ1v) is 5.06. The number of ether oxygens (including phenoxy) is 1. The molecule has 2 rings (SSSR count). The van der Waals surface area contributed by atoms with E-state index < -0.39 is 12.2 Å². The first-order chi connectivity index (χ1) is 7.47. The van der Waals surface area contributed by atoms with Gasteiger partial charge in [0.25, 0.3) is 0 Å². The van der Waals surface area contributed by atoms with Crippen molar-refractivity contribution < 1.29 is 17.9 Å². The second-order valence-electron chi connectivity index (χ2n) is 3.91. The molecule has 0 spiro atoms. The number of alkyl halides is 3. The average Bonchev–Trinajstić information content (AvgIpc) is 2.99. The second-order valence-corrected chi connectivity index (χ2v) is 3.91. The Hall–Kier alpha value is -1.23. The lowest BCUT2D eigenvalue weighted by molar-refractivity contribution is -0.149. The largest absolute Gasteiger partial charge is 0.490 e. The number of benzene rings is 1. The highest BCUT2D eigenvalue weighted by molar-refractivity contribution is 5.31. The van der Waals surface area contributed by atoms with Gasteiger partial charge in [0.15, 0.2) is 0 Å². The summed E-state index contributed by atoms with van der Waals surface area (Å²) in [5, 5.41) is 0. The molecule has 0 radical (unpaired) electrons. The summed E-state index contributed by atoms with van der Waals surface area (Å²) in [4.78, 5) is 0. The van der Waals surface area contributed by atoms with Gasteiger partial charge in [0.05, 0.1) is 6.10 Å². The minimum atomic E-state index is -4.42. The highest BCUT2D eigenvalue weighted by Gasteiger charge is 2.38. The van der Waals surface area contributed by atoms with Gasteiger partial charge in [-0.25, -0.2) is 0 Å². The van der Waals surface area contributed by atoms with E-state index in [1.165, 1.54) is 18.2 Å². The molecule has 0 aliphatic heterocycles. The van der Waals surface area contributed by atoms with Crippen molar-refractivity contribution in [3.63, 3.8) is 0 Å². The van der Waals surface area contributed by atoms with Crippen molar-refractivity contribution in [3.8, 4) is 5.75 Å². The smallest absolute Gasteiger partial charge is 0.407 e. The molecule has 0 saturated heterocycles. The van der Waals surface area contributed by atoms with Crippen LogP contribution < -0.4 is 10.5 Å². The predicted molar refractivity (Wildman–Crippen MR) is 53.1 cm³/mol. The average molecular weight is 231 g/mol. The van der Waals surface area contributed by atoms with Crippen LogP contribution in [0.25, 0.3) is 0 Å². The molecule has 1 saturated carbocycles. The quantitative estimate of drug-likeness (QED) is 0.868. The first-order valence-electron chi connectivity index (χ1n) is 5.06. The highest BCUT2D eigenvalue weighted by Crippen LogP contribution is 2.33. The lowest BCUT2D eigenvalue weighted by Crippen LogP contribution is -2.28. The second kappa shape index (κ2) is 3.97. The van der Waals surface area contributed by atoms with Crippen molar-refractivity contribution in [2.75, 3.05) is 0 Å². The molecule has 0 amide bonds. The van der Waals surface area contributed by atoms with Crippen LogP contribution in [0.15, 0.2) is 24.3 Å². The summed E-state index contributed by atoms with van der Waals surface area (Å²) >= 11 is 0. The molecule has 16 heavy (non-hydrogen) atoms. The zero-order chi connectivity index (χ0) is 11.8. The van der Waals surface area contributed by atoms with E-state index in [1.54, 1.807) is 6.07 Å². The van der Waals surface area contributed by atoms with E-state index >= 15 is 0 Å². The predicted octanol–water partition coefficient (Wildman–Crippen LogP) is 2.79. The maximum Gasteiger partial charge on any atom is 0.407 e. The third-order valence-corrected chi connectivity index (χ3v) is 2.40. The van der Waals surface area contributed by atoms with Gasteiger partial charge in [-0.05, 0) is 30.5 Å². The van der Waals surface area contributed by atoms with E-state index in [4.69, 9.17) is 10.5 Å². The van der Waals surface area contributed by atoms with E-state index in [1.807, 2.05) is 0 Å². The fourth-order valence-electron chi connectivity index (χ4n) is 1.35. The number of halogens is 3. The van der Waals surface area contributed by atoms with Gasteiger partial charge in [-0.15, -0.1) is 0 Å². The molecular weight excluding hydrogens is 219 g/mol. The topological polar surface area (TPSA) is 35.2 Å². The molecule has 1 atom stereocenters. The zero-order valence-electron chi connectivity index (χ0n) is 8.50. The molecule has 1 aliphatic rings. The number of hydrogen-bond acceptors (Lipinski definition) is 2. The molecule has 1 aromatic rings. The van der Waals surface area contributed by atoms with E-state index in [2.05, 4.69) is 0 Å².